The largest absolute Gasteiger partial charge is 0.504 e. The molecule has 0 aliphatic carbocycles. The minimum atomic E-state index is -0.691. The Morgan fingerprint density at radius 1 is 1.18 bits per heavy atom. The van der Waals surface area contributed by atoms with Crippen molar-refractivity contribution in [1.82, 2.24) is 35.4 Å². The number of phenols is 2. The van der Waals surface area contributed by atoms with E-state index in [2.05, 4.69) is 40.5 Å². The van der Waals surface area contributed by atoms with Crippen molar-refractivity contribution in [2.45, 2.75) is 44.9 Å². The first-order valence-electron chi connectivity index (χ1n) is 18.5. The number of carbonyl (C=O) groups is 5. The first-order chi connectivity index (χ1) is 28.5. The monoisotopic (exact) mass is 928 g/mol. The molecule has 2 bridgehead atoms. The number of tetrazole rings is 1. The number of β-lactam (4-membered cyclic amide) rings is 1. The molecule has 7 N–H and O–H groups in total. The predicted octanol–water partition coefficient (Wildman–Crippen LogP) is 1.75. The van der Waals surface area contributed by atoms with Crippen molar-refractivity contribution in [2.24, 2.45) is 23.4 Å². The number of aromatic nitrogens is 5. The van der Waals surface area contributed by atoms with Crippen LogP contribution in [-0.4, -0.2) is 145 Å². The number of thioether (sulfide) groups is 1. The summed E-state index contributed by atoms with van der Waals surface area (Å²) in [4.78, 5) is 65.3. The molecular formula is C36H51ClN11O10S3+. The molecule has 1 unspecified atom stereocenters. The minimum Gasteiger partial charge on any atom is -0.504 e. The van der Waals surface area contributed by atoms with E-state index in [0.29, 0.717) is 42.7 Å². The van der Waals surface area contributed by atoms with Gasteiger partial charge in [0.15, 0.2) is 28.2 Å². The molecule has 1 atom stereocenters. The number of aryl methyl sites for hydroxylation is 1. The number of carbonyl (C=O) groups excluding carboxylic acids is 5. The van der Waals surface area contributed by atoms with Crippen LogP contribution in [0.4, 0.5) is 5.13 Å². The van der Waals surface area contributed by atoms with Crippen LogP contribution in [0.2, 0.25) is 5.02 Å². The van der Waals surface area contributed by atoms with Crippen LogP contribution in [0.25, 0.3) is 5.70 Å². The number of phenolic OH excluding ortho intramolecular Hbond substituents is 2. The molecule has 7 heterocycles. The molecule has 21 nitrogen and oxygen atoms in total. The van der Waals surface area contributed by atoms with Gasteiger partial charge in [0, 0.05) is 61.9 Å². The number of oxime groups is 1. The number of amides is 3. The second-order valence-corrected chi connectivity index (χ2v) is 16.5. The van der Waals surface area contributed by atoms with E-state index in [1.807, 2.05) is 23.7 Å². The molecular weight excluding hydrogens is 878 g/mol. The number of halogens is 1. The third kappa shape index (κ3) is 12.5. The molecule has 334 valence electrons. The molecule has 8 rings (SSSR count). The molecule has 61 heavy (non-hydrogen) atoms. The number of nitrogens with one attached hydrogen (secondary N) is 1. The van der Waals surface area contributed by atoms with Crippen LogP contribution < -0.4 is 16.8 Å². The summed E-state index contributed by atoms with van der Waals surface area (Å²) in [6.45, 7) is 8.28. The number of benzene rings is 1. The summed E-state index contributed by atoms with van der Waals surface area (Å²) in [5.41, 5.74) is 13.1. The summed E-state index contributed by atoms with van der Waals surface area (Å²) >= 11 is 9.10. The Balaban J connectivity index is 0.000000342. The highest BCUT2D eigenvalue weighted by Gasteiger charge is 2.51. The number of fused-ring (bicyclic) bond motifs is 4. The summed E-state index contributed by atoms with van der Waals surface area (Å²) in [7, 11) is 4.47. The number of anilines is 1. The first-order valence-corrected chi connectivity index (χ1v) is 20.8. The van der Waals surface area contributed by atoms with Crippen molar-refractivity contribution in [3.8, 4) is 11.5 Å². The highest BCUT2D eigenvalue weighted by molar-refractivity contribution is 8.00. The van der Waals surface area contributed by atoms with Gasteiger partial charge in [-0.05, 0) is 29.5 Å². The number of piperidine rings is 3. The highest BCUT2D eigenvalue weighted by atomic mass is 35.5. The van der Waals surface area contributed by atoms with Crippen LogP contribution in [0.3, 0.4) is 0 Å². The second kappa shape index (κ2) is 22.6. The number of rotatable bonds is 11. The highest BCUT2D eigenvalue weighted by Crippen LogP contribution is 2.47. The van der Waals surface area contributed by atoms with E-state index in [9.17, 15) is 29.4 Å². The van der Waals surface area contributed by atoms with Crippen LogP contribution in [0.5, 0.6) is 11.5 Å². The van der Waals surface area contributed by atoms with Gasteiger partial charge in [-0.3, -0.25) is 28.9 Å². The number of hydrogen-bond donors (Lipinski definition) is 5. The van der Waals surface area contributed by atoms with Crippen LogP contribution >= 0.6 is 48.2 Å². The number of nitrogen functional groups attached to an aromatic ring is 1. The maximum atomic E-state index is 12.8. The van der Waals surface area contributed by atoms with E-state index in [1.165, 1.54) is 50.2 Å². The molecule has 2 aromatic heterocycles. The molecule has 3 aromatic rings. The van der Waals surface area contributed by atoms with E-state index in [-0.39, 0.29) is 64.1 Å². The SMILES string of the molecule is CCO/N=C(\C(N)=O)c1csc(N)n1.COC(C)=O.COC=O.Cn1nnnc1C1=C(C[N+]23CCC(CNC(=O)c4ccc(O)c(O)c4Cl)(CC2)CC3)CSC2CC(=O)N12.S. The van der Waals surface area contributed by atoms with Crippen LogP contribution in [-0.2, 0) is 40.5 Å². The normalized spacial score (nSPS) is 21.0. The summed E-state index contributed by atoms with van der Waals surface area (Å²) in [6, 6.07) is 2.68. The number of nitrogens with zero attached hydrogens (tertiary/aromatic N) is 8. The van der Waals surface area contributed by atoms with E-state index < -0.39 is 11.7 Å². The zero-order chi connectivity index (χ0) is 44.2. The Bertz CT molecular complexity index is 2090. The molecule has 5 aliphatic rings. The molecule has 25 heteroatoms. The smallest absolute Gasteiger partial charge is 0.302 e. The quantitative estimate of drug-likeness (QED) is 0.0348. The van der Waals surface area contributed by atoms with Crippen molar-refractivity contribution >= 4 is 94.9 Å². The van der Waals surface area contributed by atoms with Crippen molar-refractivity contribution in [1.29, 1.82) is 0 Å². The minimum absolute atomic E-state index is 0. The summed E-state index contributed by atoms with van der Waals surface area (Å²) in [5.74, 6) is -0.479. The first kappa shape index (κ1) is 50.2. The standard InChI is InChI=1S/C24H28ClN7O4S.C7H10N4O2S.C3H6O2.C2H4O2.H2S/c1-30-22(27-28-29-30)20-14(12-37-18-10-17(34)31(18)20)11-32-7-4-24(5-8-32,6-9-32)13-26-23(36)15-2-3-16(33)21(35)19(15)25;1-2-13-11-5(6(8)12)4-3-14-7(9)10-4;1-3(4)5-2;1-4-2-3;/h2-3,18H,4-13H2,1H3,(H2-,26,28,29,33,35,36);3H,2H2,1H3,(H2,8,12)(H2,9,10);1-2H3;2H,1H3;1H2/p+1/b;11-5-;;;. The van der Waals surface area contributed by atoms with Gasteiger partial charge in [-0.15, -0.1) is 28.2 Å². The van der Waals surface area contributed by atoms with Gasteiger partial charge < -0.3 is 45.8 Å². The third-order valence-corrected chi connectivity index (χ3v) is 12.6. The zero-order valence-corrected chi connectivity index (χ0v) is 37.6. The van der Waals surface area contributed by atoms with Gasteiger partial charge in [0.25, 0.3) is 18.3 Å². The van der Waals surface area contributed by atoms with Crippen molar-refractivity contribution < 1.29 is 53.0 Å². The van der Waals surface area contributed by atoms with Gasteiger partial charge in [-0.2, -0.15) is 13.5 Å². The molecule has 4 fully saturated rings. The van der Waals surface area contributed by atoms with E-state index in [0.717, 1.165) is 61.4 Å². The lowest BCUT2D eigenvalue weighted by molar-refractivity contribution is -0.941. The molecule has 1 aromatic carbocycles. The van der Waals surface area contributed by atoms with Gasteiger partial charge in [0.2, 0.25) is 5.91 Å². The Morgan fingerprint density at radius 3 is 2.31 bits per heavy atom. The van der Waals surface area contributed by atoms with E-state index in [1.54, 1.807) is 17.0 Å². The van der Waals surface area contributed by atoms with E-state index in [4.69, 9.17) is 32.7 Å². The average molecular weight is 930 g/mol. The zero-order valence-electron chi connectivity index (χ0n) is 34.3. The Kier molecular flexibility index (Phi) is 18.6. The lowest BCUT2D eigenvalue weighted by Gasteiger charge is -2.56. The molecule has 4 saturated heterocycles. The third-order valence-electron chi connectivity index (χ3n) is 10.3. The maximum absolute atomic E-state index is 12.8. The number of nitrogens with two attached hydrogens (primary N) is 2. The van der Waals surface area contributed by atoms with Gasteiger partial charge in [0.1, 0.15) is 18.8 Å². The van der Waals surface area contributed by atoms with Crippen molar-refractivity contribution in [3.05, 3.63) is 45.2 Å². The summed E-state index contributed by atoms with van der Waals surface area (Å²) in [5, 5.41) is 40.1. The predicted molar refractivity (Wildman–Crippen MR) is 232 cm³/mol. The summed E-state index contributed by atoms with van der Waals surface area (Å²) < 4.78 is 10.6. The number of hydrogen-bond acceptors (Lipinski definition) is 18. The molecule has 0 spiro atoms. The molecule has 3 amide bonds. The number of thiazole rings is 1. The molecule has 0 radical (unpaired) electrons. The fourth-order valence-electron chi connectivity index (χ4n) is 6.92. The molecule has 0 saturated carbocycles. The van der Waals surface area contributed by atoms with Crippen LogP contribution in [0.15, 0.2) is 28.2 Å². The van der Waals surface area contributed by atoms with Crippen molar-refractivity contribution in [3.63, 3.8) is 0 Å². The van der Waals surface area contributed by atoms with Gasteiger partial charge in [-0.25, -0.2) is 9.67 Å². The Morgan fingerprint density at radius 2 is 1.82 bits per heavy atom. The fraction of sp³-hybridized carbons (Fsp3) is 0.500. The van der Waals surface area contributed by atoms with Gasteiger partial charge in [-0.1, -0.05) is 16.8 Å². The lowest BCUT2D eigenvalue weighted by atomic mass is 9.70. The second-order valence-electron chi connectivity index (χ2n) is 14.0. The van der Waals surface area contributed by atoms with Gasteiger partial charge >= 0.3 is 5.97 Å². The number of aromatic hydroxyl groups is 2. The van der Waals surface area contributed by atoms with Gasteiger partial charge in [0.05, 0.1) is 61.9 Å². The number of quaternary nitrogens is 1. The fourth-order valence-corrected chi connectivity index (χ4v) is 8.97. The van der Waals surface area contributed by atoms with E-state index >= 15 is 0 Å². The number of ether oxygens (including phenoxy) is 2. The Labute approximate surface area is 371 Å². The molecule has 5 aliphatic heterocycles. The van der Waals surface area contributed by atoms with Crippen LogP contribution in [0, 0.1) is 5.41 Å². The number of esters is 1. The van der Waals surface area contributed by atoms with Crippen molar-refractivity contribution in [2.75, 3.05) is 65.0 Å². The average Bonchev–Trinajstić information content (AvgIpc) is 3.87. The van der Waals surface area contributed by atoms with Crippen LogP contribution in [0.1, 0.15) is 61.4 Å². The summed E-state index contributed by atoms with van der Waals surface area (Å²) in [6.07, 6.45) is 3.55. The maximum Gasteiger partial charge on any atom is 0.302 e. The Hall–Kier alpha value is -5.17. The lowest BCUT2D eigenvalue weighted by Crippen LogP contribution is -2.64. The number of primary amides is 1. The number of methoxy groups -OCH3 is 2. The topological polar surface area (TPSA) is 290 Å².